The second kappa shape index (κ2) is 11.0. The maximum absolute atomic E-state index is 13.4. The highest BCUT2D eigenvalue weighted by Gasteiger charge is 2.26. The molecule has 11 heteroatoms. The third kappa shape index (κ3) is 7.09. The van der Waals surface area contributed by atoms with E-state index in [-0.39, 0.29) is 22.8 Å². The number of hydrogen-bond acceptors (Lipinski definition) is 6. The van der Waals surface area contributed by atoms with Crippen LogP contribution in [0.3, 0.4) is 0 Å². The molecule has 0 spiro atoms. The van der Waals surface area contributed by atoms with Crippen LogP contribution in [0, 0.1) is 19.7 Å². The average Bonchev–Trinajstić information content (AvgIpc) is 2.73. The summed E-state index contributed by atoms with van der Waals surface area (Å²) >= 11 is 0. The van der Waals surface area contributed by atoms with Crippen LogP contribution in [-0.2, 0) is 29.6 Å². The number of aryl methyl sites for hydroxylation is 2. The SMILES string of the molecule is COC(=O)C(CCCCNS(=O)(=O)c1cc(F)ccc1C)NS(=O)(=O)c1ccc(C)cc1. The summed E-state index contributed by atoms with van der Waals surface area (Å²) in [7, 11) is -6.68. The quantitative estimate of drug-likeness (QED) is 0.372. The fraction of sp³-hybridized carbons (Fsp3) is 0.381. The van der Waals surface area contributed by atoms with E-state index in [0.717, 1.165) is 18.7 Å². The van der Waals surface area contributed by atoms with Crippen molar-refractivity contribution < 1.29 is 30.8 Å². The van der Waals surface area contributed by atoms with Gasteiger partial charge in [0.15, 0.2) is 0 Å². The fourth-order valence-electron chi connectivity index (χ4n) is 2.96. The zero-order valence-corrected chi connectivity index (χ0v) is 19.7. The molecule has 0 amide bonds. The number of unbranched alkanes of at least 4 members (excludes halogenated alkanes) is 1. The number of benzene rings is 2. The third-order valence-corrected chi connectivity index (χ3v) is 7.86. The molecule has 2 rings (SSSR count). The summed E-state index contributed by atoms with van der Waals surface area (Å²) in [4.78, 5) is 11.9. The van der Waals surface area contributed by atoms with Crippen molar-refractivity contribution in [1.29, 1.82) is 0 Å². The van der Waals surface area contributed by atoms with E-state index in [1.807, 2.05) is 6.92 Å². The van der Waals surface area contributed by atoms with Gasteiger partial charge in [-0.25, -0.2) is 25.9 Å². The first kappa shape index (κ1) is 25.9. The van der Waals surface area contributed by atoms with E-state index in [0.29, 0.717) is 18.4 Å². The summed E-state index contributed by atoms with van der Waals surface area (Å²) in [6.07, 6.45) is 0.771. The minimum absolute atomic E-state index is 0.0234. The molecule has 0 aliphatic heterocycles. The first-order chi connectivity index (χ1) is 15.0. The Morgan fingerprint density at radius 3 is 2.28 bits per heavy atom. The Bertz CT molecular complexity index is 1150. The molecular weight excluding hydrogens is 459 g/mol. The van der Waals surface area contributed by atoms with E-state index in [4.69, 9.17) is 4.74 Å². The number of hydrogen-bond donors (Lipinski definition) is 2. The number of carbonyl (C=O) groups excluding carboxylic acids is 1. The molecule has 0 bridgehead atoms. The molecule has 32 heavy (non-hydrogen) atoms. The minimum Gasteiger partial charge on any atom is -0.468 e. The Balaban J connectivity index is 1.95. The third-order valence-electron chi connectivity index (χ3n) is 4.77. The predicted molar refractivity (Wildman–Crippen MR) is 117 cm³/mol. The number of sulfonamides is 2. The van der Waals surface area contributed by atoms with Crippen LogP contribution < -0.4 is 9.44 Å². The Morgan fingerprint density at radius 2 is 1.66 bits per heavy atom. The molecule has 8 nitrogen and oxygen atoms in total. The predicted octanol–water partition coefficient (Wildman–Crippen LogP) is 2.41. The molecule has 0 aliphatic rings. The molecule has 0 heterocycles. The Hall–Kier alpha value is -2.34. The van der Waals surface area contributed by atoms with Crippen LogP contribution in [-0.4, -0.2) is 42.5 Å². The molecule has 0 saturated carbocycles. The van der Waals surface area contributed by atoms with Gasteiger partial charge in [0, 0.05) is 6.54 Å². The van der Waals surface area contributed by atoms with Crippen LogP contribution in [0.5, 0.6) is 0 Å². The van der Waals surface area contributed by atoms with Crippen LogP contribution >= 0.6 is 0 Å². The number of nitrogens with one attached hydrogen (secondary N) is 2. The molecule has 0 aromatic heterocycles. The number of methoxy groups -OCH3 is 1. The van der Waals surface area contributed by atoms with Crippen LogP contribution in [0.15, 0.2) is 52.3 Å². The van der Waals surface area contributed by atoms with E-state index in [1.165, 1.54) is 24.3 Å². The zero-order chi connectivity index (χ0) is 23.9. The summed E-state index contributed by atoms with van der Waals surface area (Å²) in [5, 5.41) is 0. The largest absolute Gasteiger partial charge is 0.468 e. The van der Waals surface area contributed by atoms with Gasteiger partial charge in [-0.3, -0.25) is 4.79 Å². The lowest BCUT2D eigenvalue weighted by Crippen LogP contribution is -2.41. The highest BCUT2D eigenvalue weighted by molar-refractivity contribution is 7.89. The van der Waals surface area contributed by atoms with Crippen LogP contribution in [0.25, 0.3) is 0 Å². The number of esters is 1. The van der Waals surface area contributed by atoms with Gasteiger partial charge in [0.25, 0.3) is 0 Å². The molecule has 0 fully saturated rings. The van der Waals surface area contributed by atoms with Crippen LogP contribution in [0.2, 0.25) is 0 Å². The van der Waals surface area contributed by atoms with Crippen molar-refractivity contribution in [3.8, 4) is 0 Å². The van der Waals surface area contributed by atoms with Crippen molar-refractivity contribution >= 4 is 26.0 Å². The summed E-state index contributed by atoms with van der Waals surface area (Å²) in [6.45, 7) is 3.43. The highest BCUT2D eigenvalue weighted by Crippen LogP contribution is 2.17. The maximum atomic E-state index is 13.4. The van der Waals surface area contributed by atoms with Crippen molar-refractivity contribution in [3.05, 3.63) is 59.4 Å². The van der Waals surface area contributed by atoms with Gasteiger partial charge in [-0.1, -0.05) is 23.8 Å². The summed E-state index contributed by atoms with van der Waals surface area (Å²) in [5.41, 5.74) is 1.31. The molecule has 2 N–H and O–H groups in total. The van der Waals surface area contributed by atoms with E-state index in [9.17, 15) is 26.0 Å². The van der Waals surface area contributed by atoms with Gasteiger partial charge in [0.2, 0.25) is 20.0 Å². The molecular formula is C21H27FN2O6S2. The van der Waals surface area contributed by atoms with Crippen LogP contribution in [0.1, 0.15) is 30.4 Å². The standard InChI is InChI=1S/C21H27FN2O6S2/c1-15-7-11-18(12-8-15)31(26,27)24-19(21(25)30-3)6-4-5-13-23-32(28,29)20-14-17(22)10-9-16(20)2/h7-12,14,19,23-24H,4-6,13H2,1-3H3. The average molecular weight is 487 g/mol. The summed E-state index contributed by atoms with van der Waals surface area (Å²) in [5.74, 6) is -1.39. The normalized spacial score (nSPS) is 13.0. The van der Waals surface area contributed by atoms with Crippen molar-refractivity contribution in [2.45, 2.75) is 48.9 Å². The van der Waals surface area contributed by atoms with E-state index < -0.39 is 37.9 Å². The molecule has 176 valence electrons. The first-order valence-electron chi connectivity index (χ1n) is 9.89. The smallest absolute Gasteiger partial charge is 0.323 e. The maximum Gasteiger partial charge on any atom is 0.323 e. The van der Waals surface area contributed by atoms with E-state index in [2.05, 4.69) is 9.44 Å². The van der Waals surface area contributed by atoms with Gasteiger partial charge in [-0.05, 0) is 62.9 Å². The molecule has 0 saturated heterocycles. The molecule has 0 aliphatic carbocycles. The topological polar surface area (TPSA) is 119 Å². The fourth-order valence-corrected chi connectivity index (χ4v) is 5.51. The number of halogens is 1. The lowest BCUT2D eigenvalue weighted by Gasteiger charge is -2.17. The zero-order valence-electron chi connectivity index (χ0n) is 18.1. The van der Waals surface area contributed by atoms with Crippen molar-refractivity contribution in [2.24, 2.45) is 0 Å². The van der Waals surface area contributed by atoms with Gasteiger partial charge < -0.3 is 4.74 Å². The number of carbonyl (C=O) groups is 1. The van der Waals surface area contributed by atoms with Gasteiger partial charge in [-0.2, -0.15) is 4.72 Å². The lowest BCUT2D eigenvalue weighted by atomic mass is 10.1. The van der Waals surface area contributed by atoms with Crippen molar-refractivity contribution in [2.75, 3.05) is 13.7 Å². The van der Waals surface area contributed by atoms with E-state index >= 15 is 0 Å². The molecule has 0 radical (unpaired) electrons. The number of rotatable bonds is 11. The molecule has 2 aromatic carbocycles. The summed E-state index contributed by atoms with van der Waals surface area (Å²) < 4.78 is 72.7. The minimum atomic E-state index is -3.94. The second-order valence-electron chi connectivity index (χ2n) is 7.31. The van der Waals surface area contributed by atoms with Gasteiger partial charge in [-0.15, -0.1) is 0 Å². The second-order valence-corrected chi connectivity index (χ2v) is 10.8. The monoisotopic (exact) mass is 486 g/mol. The lowest BCUT2D eigenvalue weighted by molar-refractivity contribution is -0.142. The highest BCUT2D eigenvalue weighted by atomic mass is 32.2. The van der Waals surface area contributed by atoms with E-state index in [1.54, 1.807) is 19.1 Å². The van der Waals surface area contributed by atoms with Crippen molar-refractivity contribution in [3.63, 3.8) is 0 Å². The Morgan fingerprint density at radius 1 is 1.00 bits per heavy atom. The Kier molecular flexibility index (Phi) is 8.90. The first-order valence-corrected chi connectivity index (χ1v) is 12.9. The number of ether oxygens (including phenoxy) is 1. The summed E-state index contributed by atoms with van der Waals surface area (Å²) in [6, 6.07) is 8.56. The van der Waals surface area contributed by atoms with Gasteiger partial charge >= 0.3 is 5.97 Å². The molecule has 2 aromatic rings. The Labute approximate surface area is 188 Å². The molecule has 1 atom stereocenters. The van der Waals surface area contributed by atoms with Crippen molar-refractivity contribution in [1.82, 2.24) is 9.44 Å². The van der Waals surface area contributed by atoms with Crippen LogP contribution in [0.4, 0.5) is 4.39 Å². The van der Waals surface area contributed by atoms with Gasteiger partial charge in [0.1, 0.15) is 11.9 Å². The van der Waals surface area contributed by atoms with Gasteiger partial charge in [0.05, 0.1) is 16.9 Å². The molecule has 1 unspecified atom stereocenters.